The Balaban J connectivity index is 2.14. The molecule has 1 heterocycles. The molecular formula is C11H8ClF2N3O. The fourth-order valence-electron chi connectivity index (χ4n) is 1.30. The van der Waals surface area contributed by atoms with E-state index in [9.17, 15) is 8.78 Å². The average molecular weight is 272 g/mol. The Hall–Kier alpha value is -1.95. The summed E-state index contributed by atoms with van der Waals surface area (Å²) in [4.78, 5) is 7.66. The molecule has 4 nitrogen and oxygen atoms in total. The Morgan fingerprint density at radius 1 is 1.22 bits per heavy atom. The second-order valence-electron chi connectivity index (χ2n) is 3.26. The van der Waals surface area contributed by atoms with E-state index in [0.717, 1.165) is 0 Å². The van der Waals surface area contributed by atoms with Crippen molar-refractivity contribution in [1.29, 1.82) is 0 Å². The molecule has 0 bridgehead atoms. The van der Waals surface area contributed by atoms with Gasteiger partial charge in [0.05, 0.1) is 0 Å². The molecule has 94 valence electrons. The van der Waals surface area contributed by atoms with Gasteiger partial charge in [0.25, 0.3) is 0 Å². The van der Waals surface area contributed by atoms with Crippen molar-refractivity contribution in [2.45, 2.75) is 6.61 Å². The first-order valence-corrected chi connectivity index (χ1v) is 5.31. The van der Waals surface area contributed by atoms with Crippen LogP contribution in [0.1, 0.15) is 0 Å². The zero-order valence-electron chi connectivity index (χ0n) is 8.98. The molecule has 0 radical (unpaired) electrons. The summed E-state index contributed by atoms with van der Waals surface area (Å²) in [6, 6.07) is 7.66. The predicted molar refractivity (Wildman–Crippen MR) is 63.4 cm³/mol. The molecule has 1 aromatic carbocycles. The number of hydrogen-bond acceptors (Lipinski definition) is 4. The highest BCUT2D eigenvalue weighted by Gasteiger charge is 2.05. The molecule has 0 aliphatic carbocycles. The number of nitrogens with one attached hydrogen (secondary N) is 1. The molecule has 1 N–H and O–H groups in total. The van der Waals surface area contributed by atoms with Crippen LogP contribution in [0.2, 0.25) is 5.15 Å². The molecule has 18 heavy (non-hydrogen) atoms. The standard InChI is InChI=1S/C11H8ClF2N3O/c12-9-5-10(16-6-15-9)17-7-2-1-3-8(4-7)18-11(13)14/h1-6,11H,(H,15,16,17). The molecule has 0 saturated carbocycles. The number of rotatable bonds is 4. The highest BCUT2D eigenvalue weighted by Crippen LogP contribution is 2.22. The summed E-state index contributed by atoms with van der Waals surface area (Å²) in [7, 11) is 0. The Morgan fingerprint density at radius 2 is 2.06 bits per heavy atom. The van der Waals surface area contributed by atoms with Crippen molar-refractivity contribution in [3.8, 4) is 5.75 Å². The van der Waals surface area contributed by atoms with Crippen LogP contribution in [-0.4, -0.2) is 16.6 Å². The first kappa shape index (κ1) is 12.5. The fraction of sp³-hybridized carbons (Fsp3) is 0.0909. The number of hydrogen-bond donors (Lipinski definition) is 1. The van der Waals surface area contributed by atoms with E-state index in [1.165, 1.54) is 24.5 Å². The van der Waals surface area contributed by atoms with E-state index in [4.69, 9.17) is 11.6 Å². The van der Waals surface area contributed by atoms with Crippen LogP contribution in [0.15, 0.2) is 36.7 Å². The van der Waals surface area contributed by atoms with Gasteiger partial charge in [-0.1, -0.05) is 17.7 Å². The van der Waals surface area contributed by atoms with Gasteiger partial charge < -0.3 is 10.1 Å². The van der Waals surface area contributed by atoms with E-state index in [-0.39, 0.29) is 10.9 Å². The number of halogens is 3. The molecular weight excluding hydrogens is 264 g/mol. The normalized spacial score (nSPS) is 10.4. The predicted octanol–water partition coefficient (Wildman–Crippen LogP) is 3.48. The second-order valence-corrected chi connectivity index (χ2v) is 3.64. The van der Waals surface area contributed by atoms with Gasteiger partial charge in [0.1, 0.15) is 23.0 Å². The van der Waals surface area contributed by atoms with Crippen LogP contribution >= 0.6 is 11.6 Å². The minimum atomic E-state index is -2.85. The molecule has 0 saturated heterocycles. The second kappa shape index (κ2) is 5.59. The Kier molecular flexibility index (Phi) is 3.88. The van der Waals surface area contributed by atoms with Crippen LogP contribution in [0.4, 0.5) is 20.3 Å². The van der Waals surface area contributed by atoms with Crippen LogP contribution in [0.25, 0.3) is 0 Å². The third-order valence-electron chi connectivity index (χ3n) is 1.97. The van der Waals surface area contributed by atoms with Crippen molar-refractivity contribution in [2.75, 3.05) is 5.32 Å². The summed E-state index contributed by atoms with van der Waals surface area (Å²) in [5.41, 5.74) is 0.558. The summed E-state index contributed by atoms with van der Waals surface area (Å²) in [6.07, 6.45) is 1.30. The van der Waals surface area contributed by atoms with Gasteiger partial charge in [0.15, 0.2) is 0 Å². The van der Waals surface area contributed by atoms with Crippen LogP contribution in [0, 0.1) is 0 Å². The van der Waals surface area contributed by atoms with Crippen LogP contribution in [0.5, 0.6) is 5.75 Å². The van der Waals surface area contributed by atoms with E-state index >= 15 is 0 Å². The smallest absolute Gasteiger partial charge is 0.387 e. The lowest BCUT2D eigenvalue weighted by Gasteiger charge is -2.08. The van der Waals surface area contributed by atoms with Crippen molar-refractivity contribution < 1.29 is 13.5 Å². The molecule has 0 amide bonds. The van der Waals surface area contributed by atoms with Gasteiger partial charge in [-0.25, -0.2) is 9.97 Å². The highest BCUT2D eigenvalue weighted by atomic mass is 35.5. The van der Waals surface area contributed by atoms with E-state index < -0.39 is 6.61 Å². The van der Waals surface area contributed by atoms with Gasteiger partial charge in [0, 0.05) is 17.8 Å². The zero-order valence-corrected chi connectivity index (χ0v) is 9.73. The maximum Gasteiger partial charge on any atom is 0.387 e. The molecule has 2 rings (SSSR count). The monoisotopic (exact) mass is 271 g/mol. The molecule has 0 atom stereocenters. The lowest BCUT2D eigenvalue weighted by molar-refractivity contribution is -0.0497. The molecule has 0 aliphatic rings. The number of benzene rings is 1. The molecule has 2 aromatic rings. The van der Waals surface area contributed by atoms with Crippen molar-refractivity contribution in [1.82, 2.24) is 9.97 Å². The van der Waals surface area contributed by atoms with Gasteiger partial charge in [0.2, 0.25) is 0 Å². The Morgan fingerprint density at radius 3 is 2.78 bits per heavy atom. The van der Waals surface area contributed by atoms with Crippen molar-refractivity contribution in [3.63, 3.8) is 0 Å². The number of anilines is 2. The van der Waals surface area contributed by atoms with Crippen LogP contribution in [-0.2, 0) is 0 Å². The molecule has 7 heteroatoms. The summed E-state index contributed by atoms with van der Waals surface area (Å²) in [5, 5.41) is 3.18. The van der Waals surface area contributed by atoms with E-state index in [0.29, 0.717) is 11.5 Å². The quantitative estimate of drug-likeness (QED) is 0.865. The van der Waals surface area contributed by atoms with Gasteiger partial charge in [-0.05, 0) is 12.1 Å². The maximum absolute atomic E-state index is 12.1. The zero-order chi connectivity index (χ0) is 13.0. The van der Waals surface area contributed by atoms with E-state index in [1.807, 2.05) is 0 Å². The van der Waals surface area contributed by atoms with Crippen molar-refractivity contribution >= 4 is 23.1 Å². The Bertz CT molecular complexity index is 539. The molecule has 0 aliphatic heterocycles. The number of alkyl halides is 2. The summed E-state index contributed by atoms with van der Waals surface area (Å²) in [5.74, 6) is 0.527. The molecule has 0 spiro atoms. The summed E-state index contributed by atoms with van der Waals surface area (Å²) < 4.78 is 28.4. The number of ether oxygens (including phenoxy) is 1. The lowest BCUT2D eigenvalue weighted by atomic mass is 10.3. The fourth-order valence-corrected chi connectivity index (χ4v) is 1.45. The highest BCUT2D eigenvalue weighted by molar-refractivity contribution is 6.29. The first-order chi connectivity index (χ1) is 8.63. The van der Waals surface area contributed by atoms with E-state index in [1.54, 1.807) is 12.1 Å². The third-order valence-corrected chi connectivity index (χ3v) is 2.17. The first-order valence-electron chi connectivity index (χ1n) is 4.93. The Labute approximate surface area is 107 Å². The lowest BCUT2D eigenvalue weighted by Crippen LogP contribution is -2.02. The minimum absolute atomic E-state index is 0.0650. The van der Waals surface area contributed by atoms with Gasteiger partial charge in [-0.3, -0.25) is 0 Å². The van der Waals surface area contributed by atoms with Gasteiger partial charge >= 0.3 is 6.61 Å². The minimum Gasteiger partial charge on any atom is -0.435 e. The average Bonchev–Trinajstić information content (AvgIpc) is 2.28. The van der Waals surface area contributed by atoms with Crippen LogP contribution < -0.4 is 10.1 Å². The SMILES string of the molecule is FC(F)Oc1cccc(Nc2cc(Cl)ncn2)c1. The molecule has 0 unspecified atom stereocenters. The third kappa shape index (κ3) is 3.53. The van der Waals surface area contributed by atoms with Crippen molar-refractivity contribution in [2.24, 2.45) is 0 Å². The van der Waals surface area contributed by atoms with Gasteiger partial charge in [-0.15, -0.1) is 0 Å². The number of nitrogens with zero attached hydrogens (tertiary/aromatic N) is 2. The maximum atomic E-state index is 12.1. The van der Waals surface area contributed by atoms with Crippen LogP contribution in [0.3, 0.4) is 0 Å². The number of aromatic nitrogens is 2. The largest absolute Gasteiger partial charge is 0.435 e. The molecule has 1 aromatic heterocycles. The van der Waals surface area contributed by atoms with Crippen molar-refractivity contribution in [3.05, 3.63) is 41.8 Å². The summed E-state index contributed by atoms with van der Waals surface area (Å²) >= 11 is 5.70. The van der Waals surface area contributed by atoms with E-state index in [2.05, 4.69) is 20.0 Å². The topological polar surface area (TPSA) is 47.0 Å². The summed E-state index contributed by atoms with van der Waals surface area (Å²) in [6.45, 7) is -2.85. The van der Waals surface area contributed by atoms with Gasteiger partial charge in [-0.2, -0.15) is 8.78 Å². The molecule has 0 fully saturated rings.